The summed E-state index contributed by atoms with van der Waals surface area (Å²) in [6.07, 6.45) is 4.80. The lowest BCUT2D eigenvalue weighted by Crippen LogP contribution is -2.17. The Labute approximate surface area is 167 Å². The van der Waals surface area contributed by atoms with E-state index in [-0.39, 0.29) is 37.6 Å². The molecule has 8 nitrogen and oxygen atoms in total. The van der Waals surface area contributed by atoms with Crippen LogP contribution in [-0.4, -0.2) is 37.2 Å². The average molecular weight is 393 g/mol. The molecule has 0 amide bonds. The predicted molar refractivity (Wildman–Crippen MR) is 103 cm³/mol. The Morgan fingerprint density at radius 3 is 1.54 bits per heavy atom. The number of carbonyl (C=O) groups is 2. The van der Waals surface area contributed by atoms with Gasteiger partial charge in [-0.15, -0.1) is 0 Å². The van der Waals surface area contributed by atoms with Crippen molar-refractivity contribution in [1.29, 1.82) is 10.5 Å². The second kappa shape index (κ2) is 17.9. The van der Waals surface area contributed by atoms with Crippen molar-refractivity contribution in [3.63, 3.8) is 0 Å². The first kappa shape index (κ1) is 25.5. The van der Waals surface area contributed by atoms with Crippen LogP contribution in [0.5, 0.6) is 0 Å². The Balaban J connectivity index is 4.80. The fraction of sp³-hybridized carbons (Fsp3) is 0.800. The standard InChI is InChI=1S/C20H32N4O4/c1-3-5-13-27-19(25)15-17(9-7-11-21)23-24-18(10-8-12-22)16-20(26)28-14-6-4-2/h17-18H,3-10,13-16H2,1-2H3. The molecule has 0 aliphatic carbocycles. The van der Waals surface area contributed by atoms with Gasteiger partial charge >= 0.3 is 11.9 Å². The molecule has 28 heavy (non-hydrogen) atoms. The van der Waals surface area contributed by atoms with E-state index in [1.165, 1.54) is 0 Å². The molecule has 0 heterocycles. The summed E-state index contributed by atoms with van der Waals surface area (Å²) in [5.41, 5.74) is 0. The van der Waals surface area contributed by atoms with E-state index < -0.39 is 12.1 Å². The highest BCUT2D eigenvalue weighted by atomic mass is 16.5. The number of esters is 2. The molecule has 0 N–H and O–H groups in total. The van der Waals surface area contributed by atoms with Crippen molar-refractivity contribution in [3.8, 4) is 12.1 Å². The van der Waals surface area contributed by atoms with Crippen LogP contribution in [-0.2, 0) is 19.1 Å². The predicted octanol–water partition coefficient (Wildman–Crippen LogP) is 4.25. The van der Waals surface area contributed by atoms with Crippen LogP contribution in [0.15, 0.2) is 10.2 Å². The lowest BCUT2D eigenvalue weighted by Gasteiger charge is -2.13. The Morgan fingerprint density at radius 1 is 0.821 bits per heavy atom. The molecule has 0 saturated heterocycles. The minimum absolute atomic E-state index is 0.0425. The SMILES string of the molecule is CCCCOC(=O)CC(CCC#N)N=NC(CCC#N)CC(=O)OCCCC. The van der Waals surface area contributed by atoms with E-state index in [9.17, 15) is 9.59 Å². The molecule has 0 aromatic carbocycles. The Hall–Kier alpha value is -2.48. The number of rotatable bonds is 16. The van der Waals surface area contributed by atoms with Gasteiger partial charge in [0.25, 0.3) is 0 Å². The van der Waals surface area contributed by atoms with Gasteiger partial charge in [-0.1, -0.05) is 26.7 Å². The van der Waals surface area contributed by atoms with Gasteiger partial charge in [0.2, 0.25) is 0 Å². The number of hydrogen-bond donors (Lipinski definition) is 0. The number of hydrogen-bond acceptors (Lipinski definition) is 8. The monoisotopic (exact) mass is 392 g/mol. The van der Waals surface area contributed by atoms with Crippen LogP contribution in [0.1, 0.15) is 78.1 Å². The van der Waals surface area contributed by atoms with E-state index in [0.29, 0.717) is 26.1 Å². The Bertz CT molecular complexity index is 503. The minimum atomic E-state index is -0.477. The molecule has 0 aliphatic heterocycles. The smallest absolute Gasteiger partial charge is 0.308 e. The van der Waals surface area contributed by atoms with Gasteiger partial charge in [-0.25, -0.2) is 0 Å². The first-order valence-electron chi connectivity index (χ1n) is 10.0. The molecule has 0 radical (unpaired) electrons. The quantitative estimate of drug-likeness (QED) is 0.220. The van der Waals surface area contributed by atoms with Crippen LogP contribution < -0.4 is 0 Å². The lowest BCUT2D eigenvalue weighted by atomic mass is 10.1. The van der Waals surface area contributed by atoms with Gasteiger partial charge in [0.15, 0.2) is 0 Å². The number of unbranched alkanes of at least 4 members (excludes halogenated alkanes) is 2. The first-order valence-corrected chi connectivity index (χ1v) is 10.0. The average Bonchev–Trinajstić information content (AvgIpc) is 2.68. The van der Waals surface area contributed by atoms with Crippen LogP contribution in [0, 0.1) is 22.7 Å². The van der Waals surface area contributed by atoms with E-state index in [2.05, 4.69) is 10.2 Å². The fourth-order valence-electron chi connectivity index (χ4n) is 2.22. The topological polar surface area (TPSA) is 125 Å². The number of carbonyl (C=O) groups excluding carboxylic acids is 2. The second-order valence-corrected chi connectivity index (χ2v) is 6.49. The third kappa shape index (κ3) is 14.7. The minimum Gasteiger partial charge on any atom is -0.466 e. The maximum Gasteiger partial charge on any atom is 0.308 e. The van der Waals surface area contributed by atoms with Gasteiger partial charge in [0.05, 0.1) is 50.3 Å². The molecule has 0 fully saturated rings. The fourth-order valence-corrected chi connectivity index (χ4v) is 2.22. The van der Waals surface area contributed by atoms with Crippen molar-refractivity contribution >= 4 is 11.9 Å². The van der Waals surface area contributed by atoms with Crippen molar-refractivity contribution in [3.05, 3.63) is 0 Å². The Morgan fingerprint density at radius 2 is 1.21 bits per heavy atom. The van der Waals surface area contributed by atoms with Crippen molar-refractivity contribution < 1.29 is 19.1 Å². The van der Waals surface area contributed by atoms with Gasteiger partial charge in [-0.2, -0.15) is 20.8 Å². The largest absolute Gasteiger partial charge is 0.466 e. The summed E-state index contributed by atoms with van der Waals surface area (Å²) in [6.45, 7) is 4.75. The molecule has 0 rings (SSSR count). The Kier molecular flexibility index (Phi) is 16.3. The van der Waals surface area contributed by atoms with Gasteiger partial charge < -0.3 is 9.47 Å². The van der Waals surface area contributed by atoms with Crippen LogP contribution >= 0.6 is 0 Å². The van der Waals surface area contributed by atoms with Crippen molar-refractivity contribution in [2.24, 2.45) is 10.2 Å². The number of nitriles is 2. The molecule has 0 aromatic rings. The lowest BCUT2D eigenvalue weighted by molar-refractivity contribution is -0.145. The van der Waals surface area contributed by atoms with Crippen molar-refractivity contribution in [1.82, 2.24) is 0 Å². The van der Waals surface area contributed by atoms with E-state index in [4.69, 9.17) is 20.0 Å². The zero-order valence-corrected chi connectivity index (χ0v) is 17.1. The van der Waals surface area contributed by atoms with Gasteiger partial charge in [-0.05, 0) is 25.7 Å². The highest BCUT2D eigenvalue weighted by molar-refractivity contribution is 5.70. The van der Waals surface area contributed by atoms with E-state index >= 15 is 0 Å². The van der Waals surface area contributed by atoms with Gasteiger partial charge in [-0.3, -0.25) is 9.59 Å². The second-order valence-electron chi connectivity index (χ2n) is 6.49. The summed E-state index contributed by atoms with van der Waals surface area (Å²) in [5.74, 6) is -0.745. The maximum atomic E-state index is 11.9. The van der Waals surface area contributed by atoms with Crippen LogP contribution in [0.2, 0.25) is 0 Å². The van der Waals surface area contributed by atoms with Crippen LogP contribution in [0.4, 0.5) is 0 Å². The summed E-state index contributed by atoms with van der Waals surface area (Å²) < 4.78 is 10.3. The molecular formula is C20H32N4O4. The third-order valence-corrected chi connectivity index (χ3v) is 3.90. The maximum absolute atomic E-state index is 11.9. The molecule has 0 aromatic heterocycles. The van der Waals surface area contributed by atoms with Crippen LogP contribution in [0.25, 0.3) is 0 Å². The molecule has 0 spiro atoms. The molecule has 2 atom stereocenters. The van der Waals surface area contributed by atoms with Gasteiger partial charge in [0.1, 0.15) is 0 Å². The molecule has 2 unspecified atom stereocenters. The van der Waals surface area contributed by atoms with Crippen molar-refractivity contribution in [2.75, 3.05) is 13.2 Å². The molecule has 0 saturated carbocycles. The summed E-state index contributed by atoms with van der Waals surface area (Å²) in [5, 5.41) is 26.0. The number of nitrogens with zero attached hydrogens (tertiary/aromatic N) is 4. The number of ether oxygens (including phenoxy) is 2. The van der Waals surface area contributed by atoms with E-state index in [1.54, 1.807) is 0 Å². The molecular weight excluding hydrogens is 360 g/mol. The molecule has 8 heteroatoms. The normalized spacial score (nSPS) is 12.7. The van der Waals surface area contributed by atoms with Crippen molar-refractivity contribution in [2.45, 2.75) is 90.1 Å². The first-order chi connectivity index (χ1) is 13.6. The van der Waals surface area contributed by atoms with Crippen LogP contribution in [0.3, 0.4) is 0 Å². The zero-order valence-electron chi connectivity index (χ0n) is 17.1. The summed E-state index contributed by atoms with van der Waals surface area (Å²) >= 11 is 0. The highest BCUT2D eigenvalue weighted by Crippen LogP contribution is 2.14. The summed E-state index contributed by atoms with van der Waals surface area (Å²) in [7, 11) is 0. The number of azo groups is 1. The summed E-state index contributed by atoms with van der Waals surface area (Å²) in [4.78, 5) is 23.8. The molecule has 156 valence electrons. The zero-order chi connectivity index (χ0) is 21.0. The molecule has 0 aliphatic rings. The van der Waals surface area contributed by atoms with E-state index in [0.717, 1.165) is 25.7 Å². The van der Waals surface area contributed by atoms with Gasteiger partial charge in [0, 0.05) is 12.8 Å². The molecule has 0 bridgehead atoms. The third-order valence-electron chi connectivity index (χ3n) is 3.90. The highest BCUT2D eigenvalue weighted by Gasteiger charge is 2.18. The summed E-state index contributed by atoms with van der Waals surface area (Å²) in [6, 6.07) is 3.12. The van der Waals surface area contributed by atoms with E-state index in [1.807, 2.05) is 26.0 Å².